The van der Waals surface area contributed by atoms with Crippen LogP contribution in [-0.2, 0) is 9.59 Å². The fraction of sp³-hybridized carbons (Fsp3) is 0.600. The van der Waals surface area contributed by atoms with Gasteiger partial charge in [-0.05, 0) is 0 Å². The van der Waals surface area contributed by atoms with Gasteiger partial charge in [-0.25, -0.2) is 0 Å². The van der Waals surface area contributed by atoms with Crippen molar-refractivity contribution >= 4 is 11.8 Å². The molecule has 10 heavy (non-hydrogen) atoms. The van der Waals surface area contributed by atoms with Gasteiger partial charge in [0.1, 0.15) is 6.04 Å². The van der Waals surface area contributed by atoms with E-state index in [0.29, 0.717) is 0 Å². The Labute approximate surface area is 58.0 Å². The van der Waals surface area contributed by atoms with Crippen LogP contribution in [0.1, 0.15) is 0 Å². The highest BCUT2D eigenvalue weighted by molar-refractivity contribution is 5.90. The van der Waals surface area contributed by atoms with Gasteiger partial charge in [0.05, 0.1) is 6.54 Å². The van der Waals surface area contributed by atoms with E-state index in [9.17, 15) is 9.59 Å². The van der Waals surface area contributed by atoms with Gasteiger partial charge < -0.3 is 16.4 Å². The van der Waals surface area contributed by atoms with E-state index in [-0.39, 0.29) is 24.9 Å². The van der Waals surface area contributed by atoms with E-state index >= 15 is 0 Å². The van der Waals surface area contributed by atoms with E-state index in [1.54, 1.807) is 0 Å². The average molecular weight is 143 g/mol. The van der Waals surface area contributed by atoms with Crippen LogP contribution < -0.4 is 16.4 Å². The van der Waals surface area contributed by atoms with Crippen molar-refractivity contribution in [1.82, 2.24) is 10.6 Å². The number of carbonyl (C=O) groups excluding carboxylic acids is 2. The number of rotatable bonds is 0. The van der Waals surface area contributed by atoms with Crippen molar-refractivity contribution in [1.29, 1.82) is 0 Å². The highest BCUT2D eigenvalue weighted by atomic mass is 16.2. The summed E-state index contributed by atoms with van der Waals surface area (Å²) in [6.07, 6.45) is 0. The van der Waals surface area contributed by atoms with Gasteiger partial charge in [-0.3, -0.25) is 9.59 Å². The maximum Gasteiger partial charge on any atom is 0.239 e. The van der Waals surface area contributed by atoms with Crippen LogP contribution in [0.25, 0.3) is 0 Å². The second-order valence-corrected chi connectivity index (χ2v) is 2.13. The monoisotopic (exact) mass is 143 g/mol. The molecule has 0 aromatic heterocycles. The van der Waals surface area contributed by atoms with Crippen LogP contribution in [0.3, 0.4) is 0 Å². The molecule has 1 aliphatic heterocycles. The Hall–Kier alpha value is -1.10. The minimum Gasteiger partial charge on any atom is -0.352 e. The summed E-state index contributed by atoms with van der Waals surface area (Å²) in [5, 5.41) is 4.85. The third-order valence-electron chi connectivity index (χ3n) is 1.28. The van der Waals surface area contributed by atoms with Crippen molar-refractivity contribution in [2.75, 3.05) is 13.1 Å². The highest BCUT2D eigenvalue weighted by Crippen LogP contribution is 1.81. The van der Waals surface area contributed by atoms with Gasteiger partial charge in [0.2, 0.25) is 11.8 Å². The Bertz CT molecular complexity index is 168. The fourth-order valence-electron chi connectivity index (χ4n) is 0.677. The van der Waals surface area contributed by atoms with Crippen LogP contribution in [0.15, 0.2) is 0 Å². The molecule has 0 saturated carbocycles. The highest BCUT2D eigenvalue weighted by Gasteiger charge is 2.18. The van der Waals surface area contributed by atoms with Crippen LogP contribution in [0.4, 0.5) is 0 Å². The molecular weight excluding hydrogens is 134 g/mol. The third-order valence-corrected chi connectivity index (χ3v) is 1.28. The van der Waals surface area contributed by atoms with E-state index in [0.717, 1.165) is 0 Å². The summed E-state index contributed by atoms with van der Waals surface area (Å²) in [6.45, 7) is 0.261. The minimum atomic E-state index is -0.605. The lowest BCUT2D eigenvalue weighted by Crippen LogP contribution is -2.42. The molecule has 56 valence electrons. The summed E-state index contributed by atoms with van der Waals surface area (Å²) < 4.78 is 0. The lowest BCUT2D eigenvalue weighted by molar-refractivity contribution is -0.124. The van der Waals surface area contributed by atoms with Gasteiger partial charge in [0.25, 0.3) is 0 Å². The maximum atomic E-state index is 10.7. The first kappa shape index (κ1) is 7.01. The molecule has 5 heteroatoms. The Morgan fingerprint density at radius 2 is 2.10 bits per heavy atom. The van der Waals surface area contributed by atoms with Crippen LogP contribution in [0.5, 0.6) is 0 Å². The minimum absolute atomic E-state index is 0.0343. The Kier molecular flexibility index (Phi) is 1.86. The molecule has 0 aromatic rings. The molecule has 1 heterocycles. The molecule has 4 N–H and O–H groups in total. The number of carbonyl (C=O) groups is 2. The molecule has 5 nitrogen and oxygen atoms in total. The Morgan fingerprint density at radius 1 is 1.40 bits per heavy atom. The molecule has 1 aliphatic rings. The number of nitrogens with one attached hydrogen (secondary N) is 2. The van der Waals surface area contributed by atoms with Crippen molar-refractivity contribution < 1.29 is 9.59 Å². The van der Waals surface area contributed by atoms with E-state index in [2.05, 4.69) is 10.6 Å². The van der Waals surface area contributed by atoms with Crippen LogP contribution in [-0.4, -0.2) is 30.9 Å². The summed E-state index contributed by atoms with van der Waals surface area (Å²) in [7, 11) is 0. The Morgan fingerprint density at radius 3 is 2.80 bits per heavy atom. The molecule has 0 aliphatic carbocycles. The molecule has 0 bridgehead atoms. The molecule has 1 atom stereocenters. The van der Waals surface area contributed by atoms with E-state index < -0.39 is 6.04 Å². The predicted octanol–water partition coefficient (Wildman–Crippen LogP) is -2.44. The zero-order chi connectivity index (χ0) is 7.56. The van der Waals surface area contributed by atoms with Crippen molar-refractivity contribution in [3.63, 3.8) is 0 Å². The second kappa shape index (κ2) is 2.66. The van der Waals surface area contributed by atoms with Crippen molar-refractivity contribution in [3.05, 3.63) is 0 Å². The normalized spacial score (nSPS) is 26.7. The first-order chi connectivity index (χ1) is 4.70. The van der Waals surface area contributed by atoms with Crippen LogP contribution >= 0.6 is 0 Å². The van der Waals surface area contributed by atoms with Crippen molar-refractivity contribution in [2.24, 2.45) is 5.73 Å². The molecule has 1 fully saturated rings. The van der Waals surface area contributed by atoms with Crippen molar-refractivity contribution in [2.45, 2.75) is 6.04 Å². The first-order valence-electron chi connectivity index (χ1n) is 3.00. The molecule has 0 spiro atoms. The topological polar surface area (TPSA) is 84.2 Å². The van der Waals surface area contributed by atoms with Gasteiger partial charge in [0.15, 0.2) is 0 Å². The SMILES string of the molecule is NC1CNC(=O)CNC1=O. The van der Waals surface area contributed by atoms with Gasteiger partial charge in [-0.2, -0.15) is 0 Å². The smallest absolute Gasteiger partial charge is 0.239 e. The molecule has 0 radical (unpaired) electrons. The fourth-order valence-corrected chi connectivity index (χ4v) is 0.677. The number of nitrogens with two attached hydrogens (primary N) is 1. The molecule has 1 saturated heterocycles. The maximum absolute atomic E-state index is 10.7. The number of amides is 2. The molecule has 2 amide bonds. The predicted molar refractivity (Wildman–Crippen MR) is 34.0 cm³/mol. The summed E-state index contributed by atoms with van der Waals surface area (Å²) in [5.41, 5.74) is 5.31. The number of hydrogen-bond acceptors (Lipinski definition) is 3. The lowest BCUT2D eigenvalue weighted by atomic mass is 10.3. The van der Waals surface area contributed by atoms with Gasteiger partial charge >= 0.3 is 0 Å². The van der Waals surface area contributed by atoms with Gasteiger partial charge in [-0.15, -0.1) is 0 Å². The molecule has 0 aromatic carbocycles. The summed E-state index contributed by atoms with van der Waals surface area (Å²) >= 11 is 0. The van der Waals surface area contributed by atoms with Crippen molar-refractivity contribution in [3.8, 4) is 0 Å². The van der Waals surface area contributed by atoms with Gasteiger partial charge in [-0.1, -0.05) is 0 Å². The first-order valence-corrected chi connectivity index (χ1v) is 3.00. The number of hydrogen-bond donors (Lipinski definition) is 3. The summed E-state index contributed by atoms with van der Waals surface area (Å²) in [4.78, 5) is 21.3. The van der Waals surface area contributed by atoms with Crippen LogP contribution in [0, 0.1) is 0 Å². The summed E-state index contributed by atoms with van der Waals surface area (Å²) in [6, 6.07) is -0.605. The Balaban J connectivity index is 2.54. The molecule has 1 unspecified atom stereocenters. The third kappa shape index (κ3) is 1.44. The largest absolute Gasteiger partial charge is 0.352 e. The zero-order valence-electron chi connectivity index (χ0n) is 5.39. The van der Waals surface area contributed by atoms with Gasteiger partial charge in [0, 0.05) is 6.54 Å². The summed E-state index contributed by atoms with van der Waals surface area (Å²) in [5.74, 6) is -0.473. The standard InChI is InChI=1S/C5H9N3O2/c6-3-1-7-4(9)2-8-5(3)10/h3H,1-2,6H2,(H,7,9)(H,8,10). The average Bonchev–Trinajstić information content (AvgIpc) is 2.04. The zero-order valence-corrected chi connectivity index (χ0v) is 5.39. The van der Waals surface area contributed by atoms with Crippen LogP contribution in [0.2, 0.25) is 0 Å². The lowest BCUT2D eigenvalue weighted by Gasteiger charge is -2.03. The molecular formula is C5H9N3O2. The van der Waals surface area contributed by atoms with E-state index in [4.69, 9.17) is 5.73 Å². The van der Waals surface area contributed by atoms with E-state index in [1.165, 1.54) is 0 Å². The van der Waals surface area contributed by atoms with E-state index in [1.807, 2.05) is 0 Å². The quantitative estimate of drug-likeness (QED) is 0.352. The second-order valence-electron chi connectivity index (χ2n) is 2.13. The molecule has 1 rings (SSSR count).